The van der Waals surface area contributed by atoms with Gasteiger partial charge in [-0.1, -0.05) is 6.07 Å². The van der Waals surface area contributed by atoms with E-state index >= 15 is 0 Å². The van der Waals surface area contributed by atoms with Crippen LogP contribution >= 0.6 is 0 Å². The standard InChI is InChI=1S/C11H14FNO2/c1-6(13)11(4-5-11)7-2-3-8(14)10(15)9(7)12/h2-3,6,14-15H,4-5,13H2,1H3. The van der Waals surface area contributed by atoms with Crippen LogP contribution in [0.2, 0.25) is 0 Å². The topological polar surface area (TPSA) is 66.5 Å². The van der Waals surface area contributed by atoms with Crippen LogP contribution in [0, 0.1) is 5.82 Å². The van der Waals surface area contributed by atoms with Gasteiger partial charge in [-0.15, -0.1) is 0 Å². The third-order valence-electron chi connectivity index (χ3n) is 3.29. The van der Waals surface area contributed by atoms with Crippen molar-refractivity contribution in [3.8, 4) is 11.5 Å². The van der Waals surface area contributed by atoms with Gasteiger partial charge in [-0.05, 0) is 31.4 Å². The van der Waals surface area contributed by atoms with E-state index in [1.54, 1.807) is 0 Å². The molecule has 0 spiro atoms. The first kappa shape index (κ1) is 10.2. The fourth-order valence-electron chi connectivity index (χ4n) is 2.04. The number of hydrogen-bond acceptors (Lipinski definition) is 3. The van der Waals surface area contributed by atoms with Gasteiger partial charge < -0.3 is 15.9 Å². The molecule has 15 heavy (non-hydrogen) atoms. The summed E-state index contributed by atoms with van der Waals surface area (Å²) in [4.78, 5) is 0. The second-order valence-corrected chi connectivity index (χ2v) is 4.24. The molecule has 2 rings (SSSR count). The molecule has 1 aromatic carbocycles. The molecule has 0 heterocycles. The molecule has 82 valence electrons. The summed E-state index contributed by atoms with van der Waals surface area (Å²) in [6.45, 7) is 1.83. The summed E-state index contributed by atoms with van der Waals surface area (Å²) in [6, 6.07) is 2.65. The first-order valence-corrected chi connectivity index (χ1v) is 4.95. The Morgan fingerprint density at radius 1 is 1.40 bits per heavy atom. The lowest BCUT2D eigenvalue weighted by molar-refractivity contribution is 0.371. The van der Waals surface area contributed by atoms with Crippen molar-refractivity contribution < 1.29 is 14.6 Å². The normalized spacial score (nSPS) is 19.9. The summed E-state index contributed by atoms with van der Waals surface area (Å²) >= 11 is 0. The predicted octanol–water partition coefficient (Wildman–Crippen LogP) is 1.62. The van der Waals surface area contributed by atoms with Crippen LogP contribution in [0.3, 0.4) is 0 Å². The van der Waals surface area contributed by atoms with E-state index in [-0.39, 0.29) is 11.5 Å². The monoisotopic (exact) mass is 211 g/mol. The van der Waals surface area contributed by atoms with Crippen molar-refractivity contribution in [1.29, 1.82) is 0 Å². The number of rotatable bonds is 2. The molecule has 1 fully saturated rings. The fourth-order valence-corrected chi connectivity index (χ4v) is 2.04. The van der Waals surface area contributed by atoms with Gasteiger partial charge in [0.1, 0.15) is 0 Å². The second-order valence-electron chi connectivity index (χ2n) is 4.24. The number of halogens is 1. The van der Waals surface area contributed by atoms with Gasteiger partial charge in [0.15, 0.2) is 17.3 Å². The molecular weight excluding hydrogens is 197 g/mol. The Morgan fingerprint density at radius 2 is 2.00 bits per heavy atom. The first-order valence-electron chi connectivity index (χ1n) is 4.95. The average Bonchev–Trinajstić information content (AvgIpc) is 2.95. The summed E-state index contributed by atoms with van der Waals surface area (Å²) in [5.74, 6) is -1.86. The van der Waals surface area contributed by atoms with Gasteiger partial charge in [0.25, 0.3) is 0 Å². The quantitative estimate of drug-likeness (QED) is 0.651. The number of nitrogens with two attached hydrogens (primary N) is 1. The zero-order valence-electron chi connectivity index (χ0n) is 8.50. The molecule has 4 heteroatoms. The number of benzene rings is 1. The third kappa shape index (κ3) is 1.36. The van der Waals surface area contributed by atoms with E-state index in [0.29, 0.717) is 5.56 Å². The zero-order chi connectivity index (χ0) is 11.2. The fraction of sp³-hybridized carbons (Fsp3) is 0.455. The van der Waals surface area contributed by atoms with Crippen LogP contribution in [0.1, 0.15) is 25.3 Å². The third-order valence-corrected chi connectivity index (χ3v) is 3.29. The van der Waals surface area contributed by atoms with E-state index in [9.17, 15) is 9.50 Å². The SMILES string of the molecule is CC(N)C1(c2ccc(O)c(O)c2F)CC1. The molecule has 3 nitrogen and oxygen atoms in total. The van der Waals surface area contributed by atoms with Crippen molar-refractivity contribution in [2.75, 3.05) is 0 Å². The average molecular weight is 211 g/mol. The van der Waals surface area contributed by atoms with Crippen LogP contribution in [0.4, 0.5) is 4.39 Å². The maximum Gasteiger partial charge on any atom is 0.194 e. The van der Waals surface area contributed by atoms with Crippen LogP contribution in [-0.4, -0.2) is 16.3 Å². The summed E-state index contributed by atoms with van der Waals surface area (Å²) in [5, 5.41) is 18.4. The molecule has 1 atom stereocenters. The minimum Gasteiger partial charge on any atom is -0.504 e. The minimum atomic E-state index is -0.746. The van der Waals surface area contributed by atoms with Crippen molar-refractivity contribution in [1.82, 2.24) is 0 Å². The van der Waals surface area contributed by atoms with Crippen LogP contribution in [0.5, 0.6) is 11.5 Å². The van der Waals surface area contributed by atoms with Gasteiger partial charge in [-0.25, -0.2) is 4.39 Å². The lowest BCUT2D eigenvalue weighted by Gasteiger charge is -2.21. The second kappa shape index (κ2) is 3.10. The molecule has 0 aliphatic heterocycles. The molecule has 0 radical (unpaired) electrons. The van der Waals surface area contributed by atoms with Crippen LogP contribution in [0.25, 0.3) is 0 Å². The van der Waals surface area contributed by atoms with Crippen molar-refractivity contribution in [2.45, 2.75) is 31.2 Å². The summed E-state index contributed by atoms with van der Waals surface area (Å²) in [6.07, 6.45) is 1.65. The van der Waals surface area contributed by atoms with Gasteiger partial charge in [0, 0.05) is 11.5 Å². The maximum atomic E-state index is 13.7. The summed E-state index contributed by atoms with van der Waals surface area (Å²) in [5.41, 5.74) is 5.87. The van der Waals surface area contributed by atoms with Gasteiger partial charge in [-0.2, -0.15) is 0 Å². The first-order chi connectivity index (χ1) is 6.99. The Balaban J connectivity index is 2.51. The highest BCUT2D eigenvalue weighted by molar-refractivity contribution is 5.47. The van der Waals surface area contributed by atoms with E-state index in [4.69, 9.17) is 10.8 Å². The van der Waals surface area contributed by atoms with Crippen LogP contribution in [0.15, 0.2) is 12.1 Å². The van der Waals surface area contributed by atoms with Crippen molar-refractivity contribution in [3.05, 3.63) is 23.5 Å². The van der Waals surface area contributed by atoms with Crippen molar-refractivity contribution in [3.63, 3.8) is 0 Å². The molecule has 4 N–H and O–H groups in total. The Morgan fingerprint density at radius 3 is 2.47 bits per heavy atom. The lowest BCUT2D eigenvalue weighted by Crippen LogP contribution is -2.32. The van der Waals surface area contributed by atoms with Crippen molar-refractivity contribution in [2.24, 2.45) is 5.73 Å². The number of aromatic hydroxyl groups is 2. The Kier molecular flexibility index (Phi) is 2.12. The maximum absolute atomic E-state index is 13.7. The van der Waals surface area contributed by atoms with E-state index in [0.717, 1.165) is 12.8 Å². The van der Waals surface area contributed by atoms with E-state index in [1.165, 1.54) is 12.1 Å². The number of phenols is 2. The molecule has 0 aromatic heterocycles. The molecule has 1 unspecified atom stereocenters. The molecule has 1 aliphatic carbocycles. The van der Waals surface area contributed by atoms with Crippen LogP contribution in [-0.2, 0) is 5.41 Å². The van der Waals surface area contributed by atoms with Crippen LogP contribution < -0.4 is 5.73 Å². The largest absolute Gasteiger partial charge is 0.504 e. The highest BCUT2D eigenvalue weighted by Crippen LogP contribution is 2.52. The molecule has 0 saturated heterocycles. The van der Waals surface area contributed by atoms with Gasteiger partial charge in [0.2, 0.25) is 0 Å². The van der Waals surface area contributed by atoms with E-state index < -0.39 is 17.3 Å². The molecule has 0 bridgehead atoms. The highest BCUT2D eigenvalue weighted by Gasteiger charge is 2.49. The predicted molar refractivity (Wildman–Crippen MR) is 54.3 cm³/mol. The van der Waals surface area contributed by atoms with Gasteiger partial charge >= 0.3 is 0 Å². The Hall–Kier alpha value is -1.29. The number of hydrogen-bond donors (Lipinski definition) is 3. The van der Waals surface area contributed by atoms with E-state index in [2.05, 4.69) is 0 Å². The van der Waals surface area contributed by atoms with Crippen molar-refractivity contribution >= 4 is 0 Å². The smallest absolute Gasteiger partial charge is 0.194 e. The molecule has 1 aliphatic rings. The molecule has 1 saturated carbocycles. The molecule has 0 amide bonds. The van der Waals surface area contributed by atoms with Gasteiger partial charge in [0.05, 0.1) is 0 Å². The van der Waals surface area contributed by atoms with E-state index in [1.807, 2.05) is 6.92 Å². The molecular formula is C11H14FNO2. The Bertz CT molecular complexity index is 400. The lowest BCUT2D eigenvalue weighted by atomic mass is 9.89. The summed E-state index contributed by atoms with van der Waals surface area (Å²) < 4.78 is 13.7. The zero-order valence-corrected chi connectivity index (χ0v) is 8.50. The minimum absolute atomic E-state index is 0.157. The van der Waals surface area contributed by atoms with Gasteiger partial charge in [-0.3, -0.25) is 0 Å². The Labute approximate surface area is 87.3 Å². The molecule has 1 aromatic rings. The summed E-state index contributed by atoms with van der Waals surface area (Å²) in [7, 11) is 0. The highest BCUT2D eigenvalue weighted by atomic mass is 19.1. The number of phenolic OH excluding ortho intramolecular Hbond substituents is 2.